The van der Waals surface area contributed by atoms with E-state index < -0.39 is 0 Å². The molecule has 0 radical (unpaired) electrons. The highest BCUT2D eigenvalue weighted by Crippen LogP contribution is 2.25. The number of anilines is 1. The lowest BCUT2D eigenvalue weighted by molar-refractivity contribution is 0.108. The molecule has 0 aliphatic carbocycles. The van der Waals surface area contributed by atoms with Crippen LogP contribution in [0.1, 0.15) is 18.9 Å². The predicted octanol–water partition coefficient (Wildman–Crippen LogP) is 2.99. The summed E-state index contributed by atoms with van der Waals surface area (Å²) in [6.07, 6.45) is 3.32. The number of ether oxygens (including phenoxy) is 1. The molecule has 1 saturated heterocycles. The second-order valence-corrected chi connectivity index (χ2v) is 5.09. The summed E-state index contributed by atoms with van der Waals surface area (Å²) >= 11 is 3.55. The summed E-state index contributed by atoms with van der Waals surface area (Å²) in [5.74, 6) is 1.52. The van der Waals surface area contributed by atoms with Crippen LogP contribution in [0.2, 0.25) is 0 Å². The Kier molecular flexibility index (Phi) is 3.82. The predicted molar refractivity (Wildman–Crippen MR) is 68.7 cm³/mol. The van der Waals surface area contributed by atoms with Crippen LogP contribution >= 0.6 is 15.9 Å². The molecule has 0 bridgehead atoms. The summed E-state index contributed by atoms with van der Waals surface area (Å²) in [7, 11) is 0. The molecule has 0 saturated carbocycles. The molecule has 0 amide bonds. The lowest BCUT2D eigenvalue weighted by Gasteiger charge is -2.16. The fourth-order valence-electron chi connectivity index (χ4n) is 1.94. The molecule has 0 spiro atoms. The van der Waals surface area contributed by atoms with Crippen molar-refractivity contribution < 1.29 is 4.74 Å². The summed E-state index contributed by atoms with van der Waals surface area (Å²) < 4.78 is 6.59. The van der Waals surface area contributed by atoms with E-state index in [-0.39, 0.29) is 0 Å². The first-order chi connectivity index (χ1) is 7.68. The van der Waals surface area contributed by atoms with Gasteiger partial charge in [0.15, 0.2) is 0 Å². The van der Waals surface area contributed by atoms with Gasteiger partial charge in [0.25, 0.3) is 0 Å². The Morgan fingerprint density at radius 3 is 3.12 bits per heavy atom. The standard InChI is InChI=1S/C12H17BrN2O/c1-8-3-5-14-12(11(8)13)15-7-10-4-6-16-9(10)2/h3,5,9-10H,4,6-7H2,1-2H3,(H,14,15). The number of nitrogens with zero attached hydrogens (tertiary/aromatic N) is 1. The van der Waals surface area contributed by atoms with E-state index in [0.717, 1.165) is 29.9 Å². The first-order valence-electron chi connectivity index (χ1n) is 5.65. The van der Waals surface area contributed by atoms with E-state index in [4.69, 9.17) is 4.74 Å². The molecule has 2 heterocycles. The molecule has 1 N–H and O–H groups in total. The Hall–Kier alpha value is -0.610. The Bertz CT molecular complexity index is 370. The van der Waals surface area contributed by atoms with Crippen LogP contribution in [0.3, 0.4) is 0 Å². The quantitative estimate of drug-likeness (QED) is 0.927. The molecule has 1 aromatic rings. The molecule has 2 rings (SSSR count). The average molecular weight is 285 g/mol. The van der Waals surface area contributed by atoms with E-state index in [2.05, 4.69) is 40.1 Å². The molecule has 1 aliphatic rings. The lowest BCUT2D eigenvalue weighted by atomic mass is 10.0. The second-order valence-electron chi connectivity index (χ2n) is 4.30. The van der Waals surface area contributed by atoms with Crippen LogP contribution in [-0.4, -0.2) is 24.2 Å². The normalized spacial score (nSPS) is 24.7. The van der Waals surface area contributed by atoms with Gasteiger partial charge in [-0.2, -0.15) is 0 Å². The van der Waals surface area contributed by atoms with Crippen LogP contribution in [0.5, 0.6) is 0 Å². The number of rotatable bonds is 3. The highest BCUT2D eigenvalue weighted by atomic mass is 79.9. The molecule has 1 aromatic heterocycles. The molecule has 2 unspecified atom stereocenters. The highest BCUT2D eigenvalue weighted by Gasteiger charge is 2.24. The van der Waals surface area contributed by atoms with Crippen molar-refractivity contribution in [1.82, 2.24) is 4.98 Å². The molecule has 0 aromatic carbocycles. The third kappa shape index (κ3) is 2.55. The van der Waals surface area contributed by atoms with Crippen LogP contribution < -0.4 is 5.32 Å². The van der Waals surface area contributed by atoms with Crippen molar-refractivity contribution in [3.05, 3.63) is 22.3 Å². The van der Waals surface area contributed by atoms with E-state index in [0.29, 0.717) is 12.0 Å². The summed E-state index contributed by atoms with van der Waals surface area (Å²) in [6.45, 7) is 6.02. The van der Waals surface area contributed by atoms with Crippen molar-refractivity contribution in [3.63, 3.8) is 0 Å². The molecule has 16 heavy (non-hydrogen) atoms. The van der Waals surface area contributed by atoms with Gasteiger partial charge in [-0.3, -0.25) is 0 Å². The zero-order valence-electron chi connectivity index (χ0n) is 9.66. The number of aryl methyl sites for hydroxylation is 1. The second kappa shape index (κ2) is 5.15. The Labute approximate surface area is 105 Å². The van der Waals surface area contributed by atoms with Gasteiger partial charge < -0.3 is 10.1 Å². The molecule has 1 aliphatic heterocycles. The SMILES string of the molecule is Cc1ccnc(NCC2CCOC2C)c1Br. The van der Waals surface area contributed by atoms with Gasteiger partial charge in [0.1, 0.15) is 5.82 Å². The topological polar surface area (TPSA) is 34.2 Å². The highest BCUT2D eigenvalue weighted by molar-refractivity contribution is 9.10. The van der Waals surface area contributed by atoms with Crippen molar-refractivity contribution in [3.8, 4) is 0 Å². The van der Waals surface area contributed by atoms with Gasteiger partial charge in [-0.1, -0.05) is 0 Å². The third-order valence-corrected chi connectivity index (χ3v) is 4.15. The minimum atomic E-state index is 0.357. The fraction of sp³-hybridized carbons (Fsp3) is 0.583. The van der Waals surface area contributed by atoms with Crippen molar-refractivity contribution in [2.24, 2.45) is 5.92 Å². The van der Waals surface area contributed by atoms with E-state index in [9.17, 15) is 0 Å². The number of hydrogen-bond acceptors (Lipinski definition) is 3. The average Bonchev–Trinajstić information content (AvgIpc) is 2.67. The van der Waals surface area contributed by atoms with Crippen LogP contribution in [0.4, 0.5) is 5.82 Å². The van der Waals surface area contributed by atoms with Crippen molar-refractivity contribution in [2.45, 2.75) is 26.4 Å². The number of aromatic nitrogens is 1. The minimum Gasteiger partial charge on any atom is -0.378 e. The summed E-state index contributed by atoms with van der Waals surface area (Å²) in [4.78, 5) is 4.33. The molecular formula is C12H17BrN2O. The van der Waals surface area contributed by atoms with Crippen LogP contribution in [0.25, 0.3) is 0 Å². The maximum absolute atomic E-state index is 5.54. The van der Waals surface area contributed by atoms with E-state index in [1.54, 1.807) is 0 Å². The lowest BCUT2D eigenvalue weighted by Crippen LogP contribution is -2.21. The Balaban J connectivity index is 1.96. The van der Waals surface area contributed by atoms with Crippen molar-refractivity contribution in [2.75, 3.05) is 18.5 Å². The van der Waals surface area contributed by atoms with E-state index in [1.165, 1.54) is 5.56 Å². The number of nitrogens with one attached hydrogen (secondary N) is 1. The number of halogens is 1. The smallest absolute Gasteiger partial charge is 0.140 e. The van der Waals surface area contributed by atoms with Gasteiger partial charge in [-0.25, -0.2) is 4.98 Å². The molecule has 2 atom stereocenters. The minimum absolute atomic E-state index is 0.357. The Morgan fingerprint density at radius 1 is 1.62 bits per heavy atom. The molecular weight excluding hydrogens is 268 g/mol. The zero-order valence-corrected chi connectivity index (χ0v) is 11.3. The van der Waals surface area contributed by atoms with Crippen LogP contribution in [-0.2, 0) is 4.74 Å². The largest absolute Gasteiger partial charge is 0.378 e. The van der Waals surface area contributed by atoms with Gasteiger partial charge in [-0.05, 0) is 47.8 Å². The Morgan fingerprint density at radius 2 is 2.44 bits per heavy atom. The molecule has 3 nitrogen and oxygen atoms in total. The third-order valence-electron chi connectivity index (χ3n) is 3.15. The van der Waals surface area contributed by atoms with Crippen molar-refractivity contribution in [1.29, 1.82) is 0 Å². The molecule has 1 fully saturated rings. The zero-order chi connectivity index (χ0) is 11.5. The first-order valence-corrected chi connectivity index (χ1v) is 6.44. The van der Waals surface area contributed by atoms with Gasteiger partial charge in [0.2, 0.25) is 0 Å². The van der Waals surface area contributed by atoms with Crippen molar-refractivity contribution >= 4 is 21.7 Å². The van der Waals surface area contributed by atoms with Gasteiger partial charge in [0, 0.05) is 25.3 Å². The number of pyridine rings is 1. The van der Waals surface area contributed by atoms with Gasteiger partial charge in [0.05, 0.1) is 10.6 Å². The summed E-state index contributed by atoms with van der Waals surface area (Å²) in [5, 5.41) is 3.39. The van der Waals surface area contributed by atoms with E-state index >= 15 is 0 Å². The number of hydrogen-bond donors (Lipinski definition) is 1. The maximum atomic E-state index is 5.54. The first kappa shape index (κ1) is 11.9. The summed E-state index contributed by atoms with van der Waals surface area (Å²) in [5.41, 5.74) is 1.20. The monoisotopic (exact) mass is 284 g/mol. The summed E-state index contributed by atoms with van der Waals surface area (Å²) in [6, 6.07) is 2.00. The fourth-order valence-corrected chi connectivity index (χ4v) is 2.31. The molecule has 4 heteroatoms. The maximum Gasteiger partial charge on any atom is 0.140 e. The molecule has 88 valence electrons. The van der Waals surface area contributed by atoms with E-state index in [1.807, 2.05) is 12.3 Å². The van der Waals surface area contributed by atoms with Gasteiger partial charge >= 0.3 is 0 Å². The van der Waals surface area contributed by atoms with Crippen LogP contribution in [0, 0.1) is 12.8 Å². The van der Waals surface area contributed by atoms with Crippen LogP contribution in [0.15, 0.2) is 16.7 Å². The van der Waals surface area contributed by atoms with Gasteiger partial charge in [-0.15, -0.1) is 0 Å².